The lowest BCUT2D eigenvalue weighted by molar-refractivity contribution is 0.215. The van der Waals surface area contributed by atoms with Crippen LogP contribution >= 0.6 is 0 Å². The third-order valence-corrected chi connectivity index (χ3v) is 6.05. The fraction of sp³-hybridized carbons (Fsp3) is 1.00. The number of nitrogens with one attached hydrogen (secondary N) is 2. The molecule has 2 fully saturated rings. The van der Waals surface area contributed by atoms with E-state index in [-0.39, 0.29) is 11.3 Å². The van der Waals surface area contributed by atoms with Crippen LogP contribution in [0.1, 0.15) is 39.0 Å². The highest BCUT2D eigenvalue weighted by Gasteiger charge is 2.28. The molecular weight excluding hydrogens is 262 g/mol. The second kappa shape index (κ2) is 7.02. The Kier molecular flexibility index (Phi) is 5.62. The summed E-state index contributed by atoms with van der Waals surface area (Å²) < 4.78 is 27.4. The number of sulfonamides is 1. The molecule has 0 amide bonds. The van der Waals surface area contributed by atoms with Gasteiger partial charge in [0.2, 0.25) is 10.0 Å². The second-order valence-electron chi connectivity index (χ2n) is 5.89. The van der Waals surface area contributed by atoms with Gasteiger partial charge in [0, 0.05) is 19.1 Å². The van der Waals surface area contributed by atoms with E-state index in [0.717, 1.165) is 39.0 Å². The number of hydrogen-bond acceptors (Lipinski definition) is 4. The molecule has 2 unspecified atom stereocenters. The zero-order valence-electron chi connectivity index (χ0n) is 11.9. The monoisotopic (exact) mass is 289 g/mol. The Balaban J connectivity index is 1.80. The summed E-state index contributed by atoms with van der Waals surface area (Å²) in [6, 6.07) is 0.00465. The van der Waals surface area contributed by atoms with Crippen molar-refractivity contribution in [2.24, 2.45) is 0 Å². The van der Waals surface area contributed by atoms with E-state index in [9.17, 15) is 8.42 Å². The fourth-order valence-corrected chi connectivity index (χ4v) is 4.67. The number of nitrogens with zero attached hydrogens (tertiary/aromatic N) is 1. The minimum Gasteiger partial charge on any atom is -0.315 e. The van der Waals surface area contributed by atoms with Gasteiger partial charge >= 0.3 is 0 Å². The molecule has 0 aromatic rings. The molecule has 2 aliphatic rings. The highest BCUT2D eigenvalue weighted by molar-refractivity contribution is 7.90. The molecule has 112 valence electrons. The molecule has 0 spiro atoms. The summed E-state index contributed by atoms with van der Waals surface area (Å²) in [6.07, 6.45) is 5.52. The van der Waals surface area contributed by atoms with Gasteiger partial charge in [0.05, 0.1) is 5.25 Å². The van der Waals surface area contributed by atoms with Crippen molar-refractivity contribution < 1.29 is 8.42 Å². The molecule has 5 nitrogen and oxygen atoms in total. The van der Waals surface area contributed by atoms with E-state index < -0.39 is 10.0 Å². The van der Waals surface area contributed by atoms with Gasteiger partial charge in [0.1, 0.15) is 0 Å². The summed E-state index contributed by atoms with van der Waals surface area (Å²) in [5.41, 5.74) is 0. The van der Waals surface area contributed by atoms with Crippen LogP contribution < -0.4 is 10.0 Å². The first kappa shape index (κ1) is 15.2. The zero-order valence-corrected chi connectivity index (χ0v) is 12.7. The van der Waals surface area contributed by atoms with Gasteiger partial charge in [-0.2, -0.15) is 0 Å². The molecule has 2 N–H and O–H groups in total. The standard InChI is InChI=1S/C13H27N3O2S/c1-12(11-16-8-3-2-4-9-16)15-19(17,18)13-6-5-7-14-10-13/h12-15H,2-11H2,1H3. The maximum atomic E-state index is 12.3. The largest absolute Gasteiger partial charge is 0.315 e. The van der Waals surface area contributed by atoms with Crippen molar-refractivity contribution in [3.63, 3.8) is 0 Å². The molecule has 6 heteroatoms. The average molecular weight is 289 g/mol. The van der Waals surface area contributed by atoms with Gasteiger partial charge < -0.3 is 10.2 Å². The van der Waals surface area contributed by atoms with Crippen LogP contribution in [-0.4, -0.2) is 57.3 Å². The molecule has 2 heterocycles. The SMILES string of the molecule is CC(CN1CCCCC1)NS(=O)(=O)C1CCCNC1. The van der Waals surface area contributed by atoms with Crippen molar-refractivity contribution in [3.05, 3.63) is 0 Å². The highest BCUT2D eigenvalue weighted by atomic mass is 32.2. The molecule has 0 aromatic carbocycles. The molecule has 0 radical (unpaired) electrons. The molecular formula is C13H27N3O2S. The maximum Gasteiger partial charge on any atom is 0.216 e. The van der Waals surface area contributed by atoms with E-state index in [1.807, 2.05) is 6.92 Å². The summed E-state index contributed by atoms with van der Waals surface area (Å²) in [4.78, 5) is 2.37. The third-order valence-electron chi connectivity index (χ3n) is 4.04. The first-order valence-electron chi connectivity index (χ1n) is 7.52. The lowest BCUT2D eigenvalue weighted by atomic mass is 10.1. The summed E-state index contributed by atoms with van der Waals surface area (Å²) in [5, 5.41) is 2.91. The number of rotatable bonds is 5. The smallest absolute Gasteiger partial charge is 0.216 e. The van der Waals surface area contributed by atoms with E-state index in [1.165, 1.54) is 19.3 Å². The Morgan fingerprint density at radius 2 is 2.00 bits per heavy atom. The van der Waals surface area contributed by atoms with Crippen LogP contribution in [0.5, 0.6) is 0 Å². The Hall–Kier alpha value is -0.170. The summed E-state index contributed by atoms with van der Waals surface area (Å²) >= 11 is 0. The lowest BCUT2D eigenvalue weighted by Gasteiger charge is -2.30. The Labute approximate surface area is 117 Å². The average Bonchev–Trinajstić information content (AvgIpc) is 2.40. The van der Waals surface area contributed by atoms with Crippen molar-refractivity contribution in [1.29, 1.82) is 0 Å². The van der Waals surface area contributed by atoms with Gasteiger partial charge in [-0.25, -0.2) is 13.1 Å². The van der Waals surface area contributed by atoms with Crippen LogP contribution in [0.25, 0.3) is 0 Å². The second-order valence-corrected chi connectivity index (χ2v) is 7.89. The van der Waals surface area contributed by atoms with Gasteiger partial charge in [-0.15, -0.1) is 0 Å². The number of likely N-dealkylation sites (tertiary alicyclic amines) is 1. The number of hydrogen-bond donors (Lipinski definition) is 2. The minimum absolute atomic E-state index is 0.00465. The van der Waals surface area contributed by atoms with E-state index in [0.29, 0.717) is 6.54 Å². The molecule has 0 aliphatic carbocycles. The first-order valence-corrected chi connectivity index (χ1v) is 9.07. The maximum absolute atomic E-state index is 12.3. The van der Waals surface area contributed by atoms with Crippen LogP contribution in [-0.2, 0) is 10.0 Å². The Morgan fingerprint density at radius 1 is 1.26 bits per heavy atom. The van der Waals surface area contributed by atoms with E-state index in [4.69, 9.17) is 0 Å². The Morgan fingerprint density at radius 3 is 2.63 bits per heavy atom. The van der Waals surface area contributed by atoms with Gasteiger partial charge in [-0.3, -0.25) is 0 Å². The van der Waals surface area contributed by atoms with E-state index in [2.05, 4.69) is 14.9 Å². The van der Waals surface area contributed by atoms with Gasteiger partial charge in [-0.1, -0.05) is 6.42 Å². The molecule has 0 bridgehead atoms. The number of piperidine rings is 2. The van der Waals surface area contributed by atoms with Gasteiger partial charge in [0.25, 0.3) is 0 Å². The predicted octanol–water partition coefficient (Wildman–Crippen LogP) is 0.532. The summed E-state index contributed by atoms with van der Waals surface area (Å²) in [6.45, 7) is 6.55. The minimum atomic E-state index is -3.17. The third kappa shape index (κ3) is 4.70. The van der Waals surface area contributed by atoms with Crippen LogP contribution in [0.15, 0.2) is 0 Å². The van der Waals surface area contributed by atoms with Crippen LogP contribution in [0.3, 0.4) is 0 Å². The molecule has 2 rings (SSSR count). The lowest BCUT2D eigenvalue weighted by Crippen LogP contribution is -2.49. The van der Waals surface area contributed by atoms with Crippen molar-refractivity contribution in [1.82, 2.24) is 14.9 Å². The van der Waals surface area contributed by atoms with Crippen LogP contribution in [0, 0.1) is 0 Å². The van der Waals surface area contributed by atoms with Crippen LogP contribution in [0.4, 0.5) is 0 Å². The topological polar surface area (TPSA) is 61.4 Å². The van der Waals surface area contributed by atoms with Crippen molar-refractivity contribution in [3.8, 4) is 0 Å². The Bertz CT molecular complexity index is 360. The van der Waals surface area contributed by atoms with E-state index >= 15 is 0 Å². The molecule has 2 atom stereocenters. The van der Waals surface area contributed by atoms with Crippen molar-refractivity contribution in [2.45, 2.75) is 50.3 Å². The van der Waals surface area contributed by atoms with E-state index in [1.54, 1.807) is 0 Å². The fourth-order valence-electron chi connectivity index (χ4n) is 3.03. The van der Waals surface area contributed by atoms with Gasteiger partial charge in [0.15, 0.2) is 0 Å². The molecule has 19 heavy (non-hydrogen) atoms. The quantitative estimate of drug-likeness (QED) is 0.775. The van der Waals surface area contributed by atoms with Crippen molar-refractivity contribution in [2.75, 3.05) is 32.7 Å². The van der Waals surface area contributed by atoms with Crippen molar-refractivity contribution >= 4 is 10.0 Å². The molecule has 2 saturated heterocycles. The molecule has 0 saturated carbocycles. The highest BCUT2D eigenvalue weighted by Crippen LogP contribution is 2.12. The summed E-state index contributed by atoms with van der Waals surface area (Å²) in [7, 11) is -3.17. The predicted molar refractivity (Wildman–Crippen MR) is 77.7 cm³/mol. The molecule has 2 aliphatic heterocycles. The molecule has 0 aromatic heterocycles. The normalized spacial score (nSPS) is 28.2. The first-order chi connectivity index (χ1) is 9.08. The van der Waals surface area contributed by atoms with Crippen LogP contribution in [0.2, 0.25) is 0 Å². The zero-order chi connectivity index (χ0) is 13.7. The van der Waals surface area contributed by atoms with Gasteiger partial charge in [-0.05, 0) is 52.2 Å². The summed E-state index contributed by atoms with van der Waals surface area (Å²) in [5.74, 6) is 0.